The molecule has 0 aliphatic carbocycles. The molecule has 108 valence electrons. The zero-order valence-corrected chi connectivity index (χ0v) is 13.2. The number of aryl methyl sites for hydroxylation is 1. The molecule has 0 fully saturated rings. The van der Waals surface area contributed by atoms with Crippen LogP contribution in [0.25, 0.3) is 11.0 Å². The predicted molar refractivity (Wildman–Crippen MR) is 86.4 cm³/mol. The Labute approximate surface area is 132 Å². The lowest BCUT2D eigenvalue weighted by Gasteiger charge is -2.09. The molecule has 0 aliphatic rings. The van der Waals surface area contributed by atoms with Crippen molar-refractivity contribution >= 4 is 34.2 Å². The smallest absolute Gasteiger partial charge is 0.146 e. The van der Waals surface area contributed by atoms with Gasteiger partial charge in [-0.05, 0) is 43.2 Å². The summed E-state index contributed by atoms with van der Waals surface area (Å²) in [5.74, 6) is 1.61. The molecule has 0 unspecified atom stereocenters. The monoisotopic (exact) mass is 320 g/mol. The van der Waals surface area contributed by atoms with Gasteiger partial charge in [0.25, 0.3) is 0 Å². The van der Waals surface area contributed by atoms with E-state index in [1.165, 1.54) is 5.56 Å². The fourth-order valence-corrected chi connectivity index (χ4v) is 2.47. The maximum absolute atomic E-state index is 6.00. The average Bonchev–Trinajstić information content (AvgIpc) is 2.83. The summed E-state index contributed by atoms with van der Waals surface area (Å²) in [5.41, 5.74) is 3.98. The van der Waals surface area contributed by atoms with Gasteiger partial charge in [-0.1, -0.05) is 35.3 Å². The van der Waals surface area contributed by atoms with Gasteiger partial charge >= 0.3 is 0 Å². The number of ether oxygens (including phenoxy) is 1. The van der Waals surface area contributed by atoms with E-state index in [0.717, 1.165) is 28.2 Å². The Morgan fingerprint density at radius 1 is 1.14 bits per heavy atom. The molecule has 3 rings (SSSR count). The molecule has 3 nitrogen and oxygen atoms in total. The van der Waals surface area contributed by atoms with Gasteiger partial charge in [-0.25, -0.2) is 4.98 Å². The third kappa shape index (κ3) is 2.85. The summed E-state index contributed by atoms with van der Waals surface area (Å²) in [6.45, 7) is 4.48. The highest BCUT2D eigenvalue weighted by Crippen LogP contribution is 2.27. The second-order valence-electron chi connectivity index (χ2n) is 4.95. The topological polar surface area (TPSA) is 37.9 Å². The van der Waals surface area contributed by atoms with Crippen LogP contribution < -0.4 is 4.74 Å². The van der Waals surface area contributed by atoms with E-state index in [2.05, 4.69) is 23.0 Å². The van der Waals surface area contributed by atoms with E-state index < -0.39 is 0 Å². The van der Waals surface area contributed by atoms with E-state index in [4.69, 9.17) is 27.9 Å². The number of aromatic nitrogens is 2. The predicted octanol–water partition coefficient (Wildman–Crippen LogP) is 5.07. The van der Waals surface area contributed by atoms with Crippen molar-refractivity contribution in [3.63, 3.8) is 0 Å². The Bertz CT molecular complexity index is 772. The van der Waals surface area contributed by atoms with Gasteiger partial charge in [0, 0.05) is 0 Å². The number of aromatic amines is 1. The molecule has 21 heavy (non-hydrogen) atoms. The van der Waals surface area contributed by atoms with Gasteiger partial charge in [0.2, 0.25) is 0 Å². The van der Waals surface area contributed by atoms with Crippen LogP contribution in [0.2, 0.25) is 10.0 Å². The lowest BCUT2D eigenvalue weighted by atomic mass is 10.1. The number of nitrogens with one attached hydrogen (secondary N) is 1. The second kappa shape index (κ2) is 5.58. The zero-order valence-electron chi connectivity index (χ0n) is 11.7. The first-order chi connectivity index (χ1) is 10.0. The molecule has 0 spiro atoms. The molecule has 0 saturated carbocycles. The normalized spacial score (nSPS) is 11.0. The molecular formula is C16H14Cl2N2O. The fraction of sp³-hybridized carbons (Fsp3) is 0.188. The SMILES string of the molecule is Cc1cccc(OCc2nc3cc(Cl)c(Cl)cc3[nH]2)c1C. The van der Waals surface area contributed by atoms with Gasteiger partial charge < -0.3 is 9.72 Å². The molecule has 0 radical (unpaired) electrons. The van der Waals surface area contributed by atoms with Crippen molar-refractivity contribution in [3.05, 3.63) is 57.3 Å². The van der Waals surface area contributed by atoms with Crippen LogP contribution in [-0.4, -0.2) is 9.97 Å². The van der Waals surface area contributed by atoms with Crippen LogP contribution in [0.15, 0.2) is 30.3 Å². The molecule has 1 N–H and O–H groups in total. The van der Waals surface area contributed by atoms with Gasteiger partial charge in [0.1, 0.15) is 18.2 Å². The summed E-state index contributed by atoms with van der Waals surface area (Å²) in [6.07, 6.45) is 0. The van der Waals surface area contributed by atoms with Gasteiger partial charge in [-0.15, -0.1) is 0 Å². The van der Waals surface area contributed by atoms with Gasteiger partial charge in [0.15, 0.2) is 0 Å². The summed E-state index contributed by atoms with van der Waals surface area (Å²) < 4.78 is 5.83. The first-order valence-corrected chi connectivity index (χ1v) is 7.33. The summed E-state index contributed by atoms with van der Waals surface area (Å²) in [4.78, 5) is 7.65. The highest BCUT2D eigenvalue weighted by atomic mass is 35.5. The van der Waals surface area contributed by atoms with E-state index in [1.54, 1.807) is 12.1 Å². The Morgan fingerprint density at radius 3 is 2.71 bits per heavy atom. The standard InChI is InChI=1S/C16H14Cl2N2O/c1-9-4-3-5-15(10(9)2)21-8-16-19-13-6-11(17)12(18)7-14(13)20-16/h3-7H,8H2,1-2H3,(H,19,20). The van der Waals surface area contributed by atoms with E-state index >= 15 is 0 Å². The number of halogens is 2. The van der Waals surface area contributed by atoms with Crippen molar-refractivity contribution in [1.29, 1.82) is 0 Å². The van der Waals surface area contributed by atoms with Crippen molar-refractivity contribution in [2.75, 3.05) is 0 Å². The van der Waals surface area contributed by atoms with Crippen LogP contribution >= 0.6 is 23.2 Å². The van der Waals surface area contributed by atoms with E-state index in [0.29, 0.717) is 16.7 Å². The van der Waals surface area contributed by atoms with E-state index in [-0.39, 0.29) is 0 Å². The molecule has 0 bridgehead atoms. The minimum Gasteiger partial charge on any atom is -0.485 e. The summed E-state index contributed by atoms with van der Waals surface area (Å²) >= 11 is 12.0. The number of benzene rings is 2. The Hall–Kier alpha value is -1.71. The molecular weight excluding hydrogens is 307 g/mol. The van der Waals surface area contributed by atoms with Crippen LogP contribution in [0.5, 0.6) is 5.75 Å². The van der Waals surface area contributed by atoms with Gasteiger partial charge in [-0.2, -0.15) is 0 Å². The van der Waals surface area contributed by atoms with Crippen LogP contribution in [-0.2, 0) is 6.61 Å². The number of fused-ring (bicyclic) bond motifs is 1. The van der Waals surface area contributed by atoms with Gasteiger partial charge in [-0.3, -0.25) is 0 Å². The van der Waals surface area contributed by atoms with Gasteiger partial charge in [0.05, 0.1) is 21.1 Å². The van der Waals surface area contributed by atoms with Crippen LogP contribution in [0.1, 0.15) is 17.0 Å². The molecule has 0 saturated heterocycles. The largest absolute Gasteiger partial charge is 0.485 e. The number of rotatable bonds is 3. The summed E-state index contributed by atoms with van der Waals surface area (Å²) in [7, 11) is 0. The average molecular weight is 321 g/mol. The summed E-state index contributed by atoms with van der Waals surface area (Å²) in [5, 5.41) is 1.01. The van der Waals surface area contributed by atoms with Crippen LogP contribution in [0.4, 0.5) is 0 Å². The zero-order chi connectivity index (χ0) is 15.0. The van der Waals surface area contributed by atoms with E-state index in [1.807, 2.05) is 19.1 Å². The molecule has 0 aliphatic heterocycles. The van der Waals surface area contributed by atoms with Crippen molar-refractivity contribution in [3.8, 4) is 5.75 Å². The molecule has 1 aromatic heterocycles. The second-order valence-corrected chi connectivity index (χ2v) is 5.77. The Balaban J connectivity index is 1.84. The third-order valence-corrected chi connectivity index (χ3v) is 4.21. The molecule has 0 amide bonds. The number of H-pyrrole nitrogens is 1. The fourth-order valence-electron chi connectivity index (χ4n) is 2.15. The first kappa shape index (κ1) is 14.2. The van der Waals surface area contributed by atoms with Crippen LogP contribution in [0.3, 0.4) is 0 Å². The molecule has 5 heteroatoms. The summed E-state index contributed by atoms with van der Waals surface area (Å²) in [6, 6.07) is 9.52. The maximum Gasteiger partial charge on any atom is 0.146 e. The molecule has 2 aromatic carbocycles. The third-order valence-electron chi connectivity index (χ3n) is 3.49. The lowest BCUT2D eigenvalue weighted by molar-refractivity contribution is 0.295. The minimum atomic E-state index is 0.369. The highest BCUT2D eigenvalue weighted by molar-refractivity contribution is 6.42. The first-order valence-electron chi connectivity index (χ1n) is 6.57. The Morgan fingerprint density at radius 2 is 1.90 bits per heavy atom. The number of imidazole rings is 1. The van der Waals surface area contributed by atoms with Crippen molar-refractivity contribution in [2.45, 2.75) is 20.5 Å². The number of hydrogen-bond acceptors (Lipinski definition) is 2. The van der Waals surface area contributed by atoms with E-state index in [9.17, 15) is 0 Å². The van der Waals surface area contributed by atoms with Crippen molar-refractivity contribution in [2.24, 2.45) is 0 Å². The quantitative estimate of drug-likeness (QED) is 0.732. The highest BCUT2D eigenvalue weighted by Gasteiger charge is 2.08. The minimum absolute atomic E-state index is 0.369. The van der Waals surface area contributed by atoms with Crippen molar-refractivity contribution < 1.29 is 4.74 Å². The molecule has 1 heterocycles. The Kier molecular flexibility index (Phi) is 3.79. The van der Waals surface area contributed by atoms with Crippen molar-refractivity contribution in [1.82, 2.24) is 9.97 Å². The number of hydrogen-bond donors (Lipinski definition) is 1. The van der Waals surface area contributed by atoms with Crippen LogP contribution in [0, 0.1) is 13.8 Å². The molecule has 3 aromatic rings. The number of nitrogens with zero attached hydrogens (tertiary/aromatic N) is 1. The maximum atomic E-state index is 6.00. The molecule has 0 atom stereocenters. The lowest BCUT2D eigenvalue weighted by Crippen LogP contribution is -1.99.